The van der Waals surface area contributed by atoms with Crippen molar-refractivity contribution in [1.82, 2.24) is 9.80 Å². The van der Waals surface area contributed by atoms with Gasteiger partial charge in [0.25, 0.3) is 0 Å². The van der Waals surface area contributed by atoms with Gasteiger partial charge in [0.1, 0.15) is 17.6 Å². The normalized spacial score (nSPS) is 32.6. The number of allylic oxidation sites excluding steroid dienone is 1. The Kier molecular flexibility index (Phi) is 8.84. The first-order chi connectivity index (χ1) is 18.0. The van der Waals surface area contributed by atoms with E-state index >= 15 is 0 Å². The number of rotatable bonds is 12. The van der Waals surface area contributed by atoms with Gasteiger partial charge in [0.05, 0.1) is 30.8 Å². The zero-order valence-electron chi connectivity index (χ0n) is 25.3. The number of aliphatic hydroxyl groups excluding tert-OH is 1. The lowest BCUT2D eigenvalue weighted by molar-refractivity contribution is -0.164. The van der Waals surface area contributed by atoms with Crippen molar-refractivity contribution in [2.24, 2.45) is 23.2 Å². The van der Waals surface area contributed by atoms with Crippen LogP contribution in [0, 0.1) is 23.2 Å². The Morgan fingerprint density at radius 3 is 2.44 bits per heavy atom. The number of hydrogen-bond donors (Lipinski definition) is 1. The van der Waals surface area contributed by atoms with E-state index in [9.17, 15) is 19.5 Å². The van der Waals surface area contributed by atoms with Crippen molar-refractivity contribution >= 4 is 17.8 Å². The summed E-state index contributed by atoms with van der Waals surface area (Å²) in [6.45, 7) is 23.9. The molecule has 3 heterocycles. The van der Waals surface area contributed by atoms with Crippen molar-refractivity contribution in [3.8, 4) is 0 Å². The van der Waals surface area contributed by atoms with Crippen LogP contribution in [0.25, 0.3) is 0 Å². The summed E-state index contributed by atoms with van der Waals surface area (Å²) in [5, 5.41) is 10.2. The standard InChI is InChI=1S/C31H50N2O6/c1-11-13-14-16-38-27(37)23-22-25(35)33(21(4)18-34)24(31(22)17-20(3)30(23,10)39-31)26(36)32(15-12-2)29(8,9)19-28(5,6)7/h11-12,20-24,34H,1-2,13-19H2,3-10H3/t20?,21-,22+,23-,24?,30+,31?/m1/s1. The number of unbranched alkanes of at least 4 members (excludes halogenated alkanes) is 1. The van der Waals surface area contributed by atoms with Crippen LogP contribution < -0.4 is 0 Å². The third kappa shape index (κ3) is 5.31. The molecule has 3 saturated heterocycles. The number of fused-ring (bicyclic) bond motifs is 1. The molecule has 3 rings (SSSR count). The molecular weight excluding hydrogens is 496 g/mol. The van der Waals surface area contributed by atoms with Crippen molar-refractivity contribution in [3.63, 3.8) is 0 Å². The highest BCUT2D eigenvalue weighted by Crippen LogP contribution is 2.65. The molecule has 0 saturated carbocycles. The van der Waals surface area contributed by atoms with Gasteiger partial charge in [-0.3, -0.25) is 14.4 Å². The lowest BCUT2D eigenvalue weighted by Crippen LogP contribution is -2.62. The van der Waals surface area contributed by atoms with Gasteiger partial charge in [-0.15, -0.1) is 13.2 Å². The fourth-order valence-electron chi connectivity index (χ4n) is 7.67. The van der Waals surface area contributed by atoms with Gasteiger partial charge in [-0.25, -0.2) is 0 Å². The molecule has 8 heteroatoms. The molecule has 3 aliphatic rings. The lowest BCUT2D eigenvalue weighted by atomic mass is 9.62. The van der Waals surface area contributed by atoms with Crippen LogP contribution in [-0.4, -0.2) is 81.3 Å². The summed E-state index contributed by atoms with van der Waals surface area (Å²) in [5.41, 5.74) is -2.73. The van der Waals surface area contributed by atoms with Crippen molar-refractivity contribution in [2.75, 3.05) is 19.8 Å². The Morgan fingerprint density at radius 1 is 1.26 bits per heavy atom. The van der Waals surface area contributed by atoms with Crippen LogP contribution in [0.3, 0.4) is 0 Å². The molecule has 0 aliphatic carbocycles. The Labute approximate surface area is 234 Å². The van der Waals surface area contributed by atoms with E-state index in [2.05, 4.69) is 33.9 Å². The third-order valence-electron chi connectivity index (χ3n) is 9.05. The van der Waals surface area contributed by atoms with E-state index in [1.54, 1.807) is 24.0 Å². The molecule has 2 bridgehead atoms. The lowest BCUT2D eigenvalue weighted by Gasteiger charge is -2.46. The van der Waals surface area contributed by atoms with Crippen molar-refractivity contribution in [1.29, 1.82) is 0 Å². The summed E-state index contributed by atoms with van der Waals surface area (Å²) in [4.78, 5) is 45.7. The number of nitrogens with zero attached hydrogens (tertiary/aromatic N) is 2. The molecule has 3 unspecified atom stereocenters. The molecule has 1 spiro atoms. The first kappa shape index (κ1) is 31.3. The average Bonchev–Trinajstić information content (AvgIpc) is 3.34. The SMILES string of the molecule is C=CCCCOC(=O)[C@H]1[C@H]2C(=O)N([C@H](C)CO)C(C(=O)N(CC=C)C(C)(C)CC(C)(C)C)C23CC(C)[C@]1(C)O3. The fourth-order valence-corrected chi connectivity index (χ4v) is 7.67. The molecule has 0 aromatic heterocycles. The van der Waals surface area contributed by atoms with Gasteiger partial charge in [-0.2, -0.15) is 0 Å². The van der Waals surface area contributed by atoms with Gasteiger partial charge in [-0.05, 0) is 64.7 Å². The maximum atomic E-state index is 14.7. The van der Waals surface area contributed by atoms with E-state index < -0.39 is 46.6 Å². The average molecular weight is 547 g/mol. The molecule has 7 atom stereocenters. The van der Waals surface area contributed by atoms with E-state index in [1.807, 2.05) is 27.7 Å². The van der Waals surface area contributed by atoms with Crippen molar-refractivity contribution in [3.05, 3.63) is 25.3 Å². The van der Waals surface area contributed by atoms with Crippen LogP contribution >= 0.6 is 0 Å². The van der Waals surface area contributed by atoms with Crippen LogP contribution in [0.2, 0.25) is 0 Å². The highest BCUT2D eigenvalue weighted by molar-refractivity contribution is 5.99. The summed E-state index contributed by atoms with van der Waals surface area (Å²) >= 11 is 0. The zero-order valence-corrected chi connectivity index (χ0v) is 25.3. The number of aliphatic hydroxyl groups is 1. The van der Waals surface area contributed by atoms with Crippen LogP contribution in [-0.2, 0) is 23.9 Å². The van der Waals surface area contributed by atoms with Gasteiger partial charge in [0, 0.05) is 12.1 Å². The number of esters is 1. The highest BCUT2D eigenvalue weighted by atomic mass is 16.6. The molecule has 0 aromatic rings. The monoisotopic (exact) mass is 546 g/mol. The number of carbonyl (C=O) groups is 3. The maximum Gasteiger partial charge on any atom is 0.312 e. The minimum Gasteiger partial charge on any atom is -0.465 e. The predicted molar refractivity (Wildman–Crippen MR) is 151 cm³/mol. The minimum atomic E-state index is -1.19. The first-order valence-electron chi connectivity index (χ1n) is 14.4. The van der Waals surface area contributed by atoms with Gasteiger partial charge in [-0.1, -0.05) is 39.8 Å². The van der Waals surface area contributed by atoms with E-state index in [4.69, 9.17) is 9.47 Å². The summed E-state index contributed by atoms with van der Waals surface area (Å²) in [6, 6.07) is -1.60. The molecule has 0 aromatic carbocycles. The molecule has 220 valence electrons. The molecule has 0 radical (unpaired) electrons. The highest BCUT2D eigenvalue weighted by Gasteiger charge is 2.80. The maximum absolute atomic E-state index is 14.7. The van der Waals surface area contributed by atoms with E-state index in [1.165, 1.54) is 4.90 Å². The quantitative estimate of drug-likeness (QED) is 0.225. The molecule has 1 N–H and O–H groups in total. The zero-order chi connectivity index (χ0) is 29.6. The second-order valence-corrected chi connectivity index (χ2v) is 13.9. The van der Waals surface area contributed by atoms with Gasteiger partial charge >= 0.3 is 5.97 Å². The van der Waals surface area contributed by atoms with E-state index in [0.29, 0.717) is 19.4 Å². The van der Waals surface area contributed by atoms with Crippen LogP contribution in [0.5, 0.6) is 0 Å². The predicted octanol–water partition coefficient (Wildman–Crippen LogP) is 4.12. The number of carbonyl (C=O) groups excluding carboxylic acids is 3. The van der Waals surface area contributed by atoms with Gasteiger partial charge in [0.15, 0.2) is 0 Å². The third-order valence-corrected chi connectivity index (χ3v) is 9.05. The smallest absolute Gasteiger partial charge is 0.312 e. The van der Waals surface area contributed by atoms with Crippen LogP contribution in [0.4, 0.5) is 0 Å². The fraction of sp³-hybridized carbons (Fsp3) is 0.774. The van der Waals surface area contributed by atoms with E-state index in [-0.39, 0.29) is 36.4 Å². The van der Waals surface area contributed by atoms with E-state index in [0.717, 1.165) is 12.8 Å². The Morgan fingerprint density at radius 2 is 1.90 bits per heavy atom. The Balaban J connectivity index is 2.10. The molecule has 2 amide bonds. The Hall–Kier alpha value is -2.19. The number of ether oxygens (including phenoxy) is 2. The largest absolute Gasteiger partial charge is 0.465 e. The summed E-state index contributed by atoms with van der Waals surface area (Å²) < 4.78 is 12.4. The minimum absolute atomic E-state index is 0.0572. The molecule has 8 nitrogen and oxygen atoms in total. The second kappa shape index (κ2) is 11.0. The molecule has 39 heavy (non-hydrogen) atoms. The Bertz CT molecular complexity index is 986. The van der Waals surface area contributed by atoms with Crippen molar-refractivity contribution in [2.45, 2.75) is 110 Å². The second-order valence-electron chi connectivity index (χ2n) is 13.9. The number of amides is 2. The molecule has 3 fully saturated rings. The van der Waals surface area contributed by atoms with Gasteiger partial charge in [0.2, 0.25) is 11.8 Å². The van der Waals surface area contributed by atoms with Crippen molar-refractivity contribution < 1.29 is 29.0 Å². The summed E-state index contributed by atoms with van der Waals surface area (Å²) in [7, 11) is 0. The molecular formula is C31H50N2O6. The first-order valence-corrected chi connectivity index (χ1v) is 14.4. The topological polar surface area (TPSA) is 96.4 Å². The molecule has 3 aliphatic heterocycles. The number of likely N-dealkylation sites (tertiary alicyclic amines) is 1. The van der Waals surface area contributed by atoms with Crippen LogP contribution in [0.15, 0.2) is 25.3 Å². The summed E-state index contributed by atoms with van der Waals surface area (Å²) in [6.07, 6.45) is 6.03. The van der Waals surface area contributed by atoms with Gasteiger partial charge < -0.3 is 24.4 Å². The number of hydrogen-bond acceptors (Lipinski definition) is 6. The van der Waals surface area contributed by atoms with Crippen LogP contribution in [0.1, 0.15) is 81.1 Å². The summed E-state index contributed by atoms with van der Waals surface area (Å²) in [5.74, 6) is -2.80.